The minimum absolute atomic E-state index is 0.0188. The topological polar surface area (TPSA) is 119 Å². The van der Waals surface area contributed by atoms with Crippen LogP contribution in [-0.2, 0) is 4.79 Å². The van der Waals surface area contributed by atoms with Gasteiger partial charge in [-0.05, 0) is 6.07 Å². The number of nitrogens with one attached hydrogen (secondary N) is 1. The number of rotatable bonds is 6. The molecule has 0 radical (unpaired) electrons. The van der Waals surface area contributed by atoms with E-state index in [-0.39, 0.29) is 35.9 Å². The number of nitro benzene ring substituents is 1. The van der Waals surface area contributed by atoms with E-state index in [0.29, 0.717) is 0 Å². The van der Waals surface area contributed by atoms with Crippen LogP contribution in [0.1, 0.15) is 16.8 Å². The highest BCUT2D eigenvalue weighted by Crippen LogP contribution is 2.28. The molecule has 102 valence electrons. The van der Waals surface area contributed by atoms with Crippen molar-refractivity contribution in [2.24, 2.45) is 0 Å². The van der Waals surface area contributed by atoms with Crippen molar-refractivity contribution in [1.82, 2.24) is 5.32 Å². The zero-order chi connectivity index (χ0) is 14.4. The van der Waals surface area contributed by atoms with Crippen molar-refractivity contribution in [2.45, 2.75) is 6.42 Å². The molecule has 2 N–H and O–H groups in total. The molecule has 0 aliphatic heterocycles. The molecule has 1 rings (SSSR count). The van der Waals surface area contributed by atoms with Gasteiger partial charge in [-0.15, -0.1) is 0 Å². The molecule has 0 spiro atoms. The lowest BCUT2D eigenvalue weighted by molar-refractivity contribution is -0.385. The van der Waals surface area contributed by atoms with E-state index >= 15 is 0 Å². The number of nitro groups is 1. The van der Waals surface area contributed by atoms with Crippen LogP contribution in [0, 0.1) is 10.1 Å². The maximum atomic E-state index is 11.0. The van der Waals surface area contributed by atoms with Gasteiger partial charge in [0.15, 0.2) is 5.75 Å². The molecule has 0 heterocycles. The van der Waals surface area contributed by atoms with Gasteiger partial charge in [0, 0.05) is 19.2 Å². The summed E-state index contributed by atoms with van der Waals surface area (Å²) in [5.74, 6) is -1.67. The maximum Gasteiger partial charge on any atom is 0.335 e. The van der Waals surface area contributed by atoms with Gasteiger partial charge in [0.2, 0.25) is 5.91 Å². The zero-order valence-corrected chi connectivity index (χ0v) is 10.1. The zero-order valence-electron chi connectivity index (χ0n) is 10.1. The lowest BCUT2D eigenvalue weighted by Crippen LogP contribution is -2.20. The molecule has 1 aromatic carbocycles. The summed E-state index contributed by atoms with van der Waals surface area (Å²) in [5, 5.41) is 21.9. The fraction of sp³-hybridized carbons (Fsp3) is 0.273. The Bertz CT molecular complexity index is 514. The standard InChI is InChI=1S/C11H12N2O6/c1-12-10(14)4-5-19-9-6-7(11(15)16)2-3-8(9)13(17)18/h2-3,6H,4-5H2,1H3,(H,12,14)(H,15,16). The summed E-state index contributed by atoms with van der Waals surface area (Å²) in [6, 6.07) is 3.23. The van der Waals surface area contributed by atoms with Gasteiger partial charge in [-0.25, -0.2) is 4.79 Å². The monoisotopic (exact) mass is 268 g/mol. The Morgan fingerprint density at radius 2 is 2.16 bits per heavy atom. The minimum Gasteiger partial charge on any atom is -0.486 e. The van der Waals surface area contributed by atoms with Crippen molar-refractivity contribution in [3.8, 4) is 5.75 Å². The van der Waals surface area contributed by atoms with Crippen LogP contribution in [0.4, 0.5) is 5.69 Å². The first kappa shape index (κ1) is 14.4. The Hall–Kier alpha value is -2.64. The molecule has 8 heteroatoms. The highest BCUT2D eigenvalue weighted by molar-refractivity contribution is 5.88. The fourth-order valence-corrected chi connectivity index (χ4v) is 1.29. The molecule has 0 saturated heterocycles. The Kier molecular flexibility index (Phi) is 4.81. The number of carboxylic acids is 1. The number of carbonyl (C=O) groups excluding carboxylic acids is 1. The molecule has 8 nitrogen and oxygen atoms in total. The summed E-state index contributed by atoms with van der Waals surface area (Å²) in [7, 11) is 1.45. The summed E-state index contributed by atoms with van der Waals surface area (Å²) in [6.45, 7) is -0.0798. The normalized spacial score (nSPS) is 9.74. The van der Waals surface area contributed by atoms with E-state index in [2.05, 4.69) is 5.32 Å². The van der Waals surface area contributed by atoms with E-state index in [4.69, 9.17) is 9.84 Å². The molecule has 0 aromatic heterocycles. The summed E-state index contributed by atoms with van der Waals surface area (Å²) in [4.78, 5) is 31.8. The molecule has 0 saturated carbocycles. The van der Waals surface area contributed by atoms with Gasteiger partial charge in [0.1, 0.15) is 0 Å². The number of hydrogen-bond donors (Lipinski definition) is 2. The van der Waals surface area contributed by atoms with Crippen LogP contribution >= 0.6 is 0 Å². The Morgan fingerprint density at radius 3 is 2.68 bits per heavy atom. The van der Waals surface area contributed by atoms with Crippen LogP contribution in [0.5, 0.6) is 5.75 Å². The van der Waals surface area contributed by atoms with Crippen LogP contribution in [0.2, 0.25) is 0 Å². The number of aromatic carboxylic acids is 1. The number of hydrogen-bond acceptors (Lipinski definition) is 5. The largest absolute Gasteiger partial charge is 0.486 e. The number of nitrogens with zero attached hydrogens (tertiary/aromatic N) is 1. The van der Waals surface area contributed by atoms with Gasteiger partial charge in [-0.3, -0.25) is 14.9 Å². The lowest BCUT2D eigenvalue weighted by Gasteiger charge is -2.07. The fourth-order valence-electron chi connectivity index (χ4n) is 1.29. The van der Waals surface area contributed by atoms with Gasteiger partial charge in [0.05, 0.1) is 23.5 Å². The minimum atomic E-state index is -1.22. The number of carboxylic acid groups (broad SMARTS) is 1. The molecular weight excluding hydrogens is 256 g/mol. The van der Waals surface area contributed by atoms with Gasteiger partial charge in [-0.2, -0.15) is 0 Å². The third kappa shape index (κ3) is 3.95. The van der Waals surface area contributed by atoms with E-state index in [9.17, 15) is 19.7 Å². The second-order valence-electron chi connectivity index (χ2n) is 3.52. The molecule has 0 atom stereocenters. The van der Waals surface area contributed by atoms with Gasteiger partial charge in [0.25, 0.3) is 0 Å². The van der Waals surface area contributed by atoms with Crippen molar-refractivity contribution in [2.75, 3.05) is 13.7 Å². The molecule has 19 heavy (non-hydrogen) atoms. The molecule has 1 aromatic rings. The van der Waals surface area contributed by atoms with Gasteiger partial charge < -0.3 is 15.2 Å². The van der Waals surface area contributed by atoms with Crippen molar-refractivity contribution in [3.05, 3.63) is 33.9 Å². The SMILES string of the molecule is CNC(=O)CCOc1cc(C(=O)O)ccc1[N+](=O)[O-]. The molecular formula is C11H12N2O6. The molecule has 0 unspecified atom stereocenters. The first-order valence-corrected chi connectivity index (χ1v) is 5.30. The molecule has 0 aliphatic rings. The molecule has 0 bridgehead atoms. The molecule has 1 amide bonds. The van der Waals surface area contributed by atoms with Crippen LogP contribution in [-0.4, -0.2) is 35.6 Å². The number of benzene rings is 1. The second-order valence-corrected chi connectivity index (χ2v) is 3.52. The van der Waals surface area contributed by atoms with Crippen LogP contribution < -0.4 is 10.1 Å². The summed E-state index contributed by atoms with van der Waals surface area (Å²) in [5.41, 5.74) is -0.470. The highest BCUT2D eigenvalue weighted by Gasteiger charge is 2.18. The van der Waals surface area contributed by atoms with E-state index in [0.717, 1.165) is 18.2 Å². The van der Waals surface area contributed by atoms with E-state index in [1.165, 1.54) is 7.05 Å². The Morgan fingerprint density at radius 1 is 1.47 bits per heavy atom. The first-order chi connectivity index (χ1) is 8.95. The van der Waals surface area contributed by atoms with E-state index < -0.39 is 10.9 Å². The quantitative estimate of drug-likeness (QED) is 0.582. The molecule has 0 aliphatic carbocycles. The predicted octanol–water partition coefficient (Wildman–Crippen LogP) is 0.808. The summed E-state index contributed by atoms with van der Waals surface area (Å²) >= 11 is 0. The van der Waals surface area contributed by atoms with Crippen molar-refractivity contribution < 1.29 is 24.4 Å². The van der Waals surface area contributed by atoms with Crippen molar-refractivity contribution in [1.29, 1.82) is 0 Å². The average molecular weight is 268 g/mol. The smallest absolute Gasteiger partial charge is 0.335 e. The molecule has 0 fully saturated rings. The number of amides is 1. The number of ether oxygens (including phenoxy) is 1. The maximum absolute atomic E-state index is 11.0. The number of carbonyl (C=O) groups is 2. The van der Waals surface area contributed by atoms with Crippen LogP contribution in [0.3, 0.4) is 0 Å². The lowest BCUT2D eigenvalue weighted by atomic mass is 10.2. The third-order valence-electron chi connectivity index (χ3n) is 2.27. The van der Waals surface area contributed by atoms with Crippen molar-refractivity contribution >= 4 is 17.6 Å². The van der Waals surface area contributed by atoms with Crippen LogP contribution in [0.15, 0.2) is 18.2 Å². The Balaban J connectivity index is 2.88. The highest BCUT2D eigenvalue weighted by atomic mass is 16.6. The van der Waals surface area contributed by atoms with E-state index in [1.54, 1.807) is 0 Å². The van der Waals surface area contributed by atoms with Gasteiger partial charge >= 0.3 is 11.7 Å². The summed E-state index contributed by atoms with van der Waals surface area (Å²) in [6.07, 6.45) is 0.0188. The summed E-state index contributed by atoms with van der Waals surface area (Å²) < 4.78 is 5.10. The van der Waals surface area contributed by atoms with Gasteiger partial charge in [-0.1, -0.05) is 0 Å². The predicted molar refractivity (Wildman–Crippen MR) is 64.2 cm³/mol. The first-order valence-electron chi connectivity index (χ1n) is 5.30. The third-order valence-corrected chi connectivity index (χ3v) is 2.27. The Labute approximate surface area is 108 Å². The second kappa shape index (κ2) is 6.34. The van der Waals surface area contributed by atoms with Crippen molar-refractivity contribution in [3.63, 3.8) is 0 Å². The van der Waals surface area contributed by atoms with Crippen LogP contribution in [0.25, 0.3) is 0 Å². The average Bonchev–Trinajstić information content (AvgIpc) is 2.37. The van der Waals surface area contributed by atoms with E-state index in [1.807, 2.05) is 0 Å².